The molecule has 1 aliphatic rings. The molecule has 0 spiro atoms. The molecule has 17 heavy (non-hydrogen) atoms. The highest BCUT2D eigenvalue weighted by Gasteiger charge is 2.09. The lowest BCUT2D eigenvalue weighted by molar-refractivity contribution is 0.504. The van der Waals surface area contributed by atoms with Crippen LogP contribution in [0.25, 0.3) is 0 Å². The van der Waals surface area contributed by atoms with E-state index in [4.69, 9.17) is 16.9 Å². The molecule has 0 fully saturated rings. The molecule has 1 aromatic rings. The smallest absolute Gasteiger partial charge is 0.101 e. The van der Waals surface area contributed by atoms with Crippen molar-refractivity contribution < 1.29 is 0 Å². The van der Waals surface area contributed by atoms with Gasteiger partial charge in [0.2, 0.25) is 0 Å². The Bertz CT molecular complexity index is 460. The van der Waals surface area contributed by atoms with Crippen molar-refractivity contribution in [1.29, 1.82) is 5.26 Å². The summed E-state index contributed by atoms with van der Waals surface area (Å²) in [5.74, 6) is 0.696. The van der Waals surface area contributed by atoms with E-state index in [1.54, 1.807) is 12.1 Å². The van der Waals surface area contributed by atoms with Gasteiger partial charge in [0.1, 0.15) is 6.07 Å². The second-order valence-corrected chi connectivity index (χ2v) is 4.75. The molecule has 2 nitrogen and oxygen atoms in total. The Kier molecular flexibility index (Phi) is 4.06. The van der Waals surface area contributed by atoms with E-state index in [0.29, 0.717) is 16.5 Å². The molecule has 0 aliphatic heterocycles. The Hall–Kier alpha value is -1.46. The highest BCUT2D eigenvalue weighted by Crippen LogP contribution is 2.22. The number of rotatable bonds is 3. The molecule has 0 saturated heterocycles. The Morgan fingerprint density at radius 3 is 3.00 bits per heavy atom. The van der Waals surface area contributed by atoms with E-state index in [0.717, 1.165) is 18.7 Å². The van der Waals surface area contributed by atoms with Gasteiger partial charge >= 0.3 is 0 Å². The van der Waals surface area contributed by atoms with Crippen LogP contribution in [-0.2, 0) is 0 Å². The van der Waals surface area contributed by atoms with Crippen LogP contribution in [0.15, 0.2) is 30.4 Å². The van der Waals surface area contributed by atoms with Crippen molar-refractivity contribution in [2.24, 2.45) is 5.92 Å². The lowest BCUT2D eigenvalue weighted by atomic mass is 9.94. The van der Waals surface area contributed by atoms with Gasteiger partial charge in [-0.2, -0.15) is 5.26 Å². The third-order valence-electron chi connectivity index (χ3n) is 3.06. The second-order valence-electron chi connectivity index (χ2n) is 4.34. The summed E-state index contributed by atoms with van der Waals surface area (Å²) >= 11 is 5.89. The lowest BCUT2D eigenvalue weighted by Gasteiger charge is -2.18. The van der Waals surface area contributed by atoms with Crippen LogP contribution < -0.4 is 5.32 Å². The maximum absolute atomic E-state index is 8.89. The summed E-state index contributed by atoms with van der Waals surface area (Å²) in [6, 6.07) is 7.58. The van der Waals surface area contributed by atoms with Crippen molar-refractivity contribution in [3.05, 3.63) is 40.9 Å². The molecular formula is C14H15ClN2. The minimum atomic E-state index is 0.513. The molecule has 1 unspecified atom stereocenters. The summed E-state index contributed by atoms with van der Waals surface area (Å²) in [6.45, 7) is 0.955. The number of anilines is 1. The topological polar surface area (TPSA) is 35.8 Å². The largest absolute Gasteiger partial charge is 0.385 e. The lowest BCUT2D eigenvalue weighted by Crippen LogP contribution is -2.15. The van der Waals surface area contributed by atoms with Crippen LogP contribution in [0.4, 0.5) is 5.69 Å². The van der Waals surface area contributed by atoms with E-state index in [9.17, 15) is 0 Å². The van der Waals surface area contributed by atoms with Crippen molar-refractivity contribution in [2.45, 2.75) is 19.3 Å². The normalized spacial score (nSPS) is 18.7. The fourth-order valence-corrected chi connectivity index (χ4v) is 2.18. The average Bonchev–Trinajstić information content (AvgIpc) is 2.39. The van der Waals surface area contributed by atoms with Crippen molar-refractivity contribution in [3.63, 3.8) is 0 Å². The Morgan fingerprint density at radius 1 is 1.41 bits per heavy atom. The summed E-state index contributed by atoms with van der Waals surface area (Å²) < 4.78 is 0. The van der Waals surface area contributed by atoms with Gasteiger partial charge in [0.05, 0.1) is 10.6 Å². The zero-order chi connectivity index (χ0) is 12.1. The molecule has 0 heterocycles. The maximum atomic E-state index is 8.89. The Balaban J connectivity index is 1.95. The minimum Gasteiger partial charge on any atom is -0.385 e. The fraction of sp³-hybridized carbons (Fsp3) is 0.357. The van der Waals surface area contributed by atoms with Crippen LogP contribution in [0.1, 0.15) is 24.8 Å². The van der Waals surface area contributed by atoms with Crippen LogP contribution in [0.2, 0.25) is 5.02 Å². The number of benzene rings is 1. The van der Waals surface area contributed by atoms with Crippen LogP contribution in [0, 0.1) is 17.2 Å². The third-order valence-corrected chi connectivity index (χ3v) is 3.39. The Morgan fingerprint density at radius 2 is 2.29 bits per heavy atom. The van der Waals surface area contributed by atoms with Gasteiger partial charge in [-0.05, 0) is 43.4 Å². The van der Waals surface area contributed by atoms with E-state index < -0.39 is 0 Å². The molecule has 1 N–H and O–H groups in total. The average molecular weight is 247 g/mol. The van der Waals surface area contributed by atoms with Crippen LogP contribution >= 0.6 is 11.6 Å². The van der Waals surface area contributed by atoms with Crippen LogP contribution in [0.5, 0.6) is 0 Å². The van der Waals surface area contributed by atoms with Crippen molar-refractivity contribution in [1.82, 2.24) is 0 Å². The van der Waals surface area contributed by atoms with Crippen molar-refractivity contribution in [2.75, 3.05) is 11.9 Å². The number of nitriles is 1. The molecule has 0 radical (unpaired) electrons. The summed E-state index contributed by atoms with van der Waals surface area (Å²) in [7, 11) is 0. The molecule has 3 heteroatoms. The van der Waals surface area contributed by atoms with Gasteiger partial charge in [-0.1, -0.05) is 23.8 Å². The summed E-state index contributed by atoms with van der Waals surface area (Å²) in [4.78, 5) is 0. The molecule has 88 valence electrons. The van der Waals surface area contributed by atoms with E-state index in [-0.39, 0.29) is 0 Å². The van der Waals surface area contributed by atoms with Gasteiger partial charge < -0.3 is 5.32 Å². The highest BCUT2D eigenvalue weighted by molar-refractivity contribution is 6.31. The monoisotopic (exact) mass is 246 g/mol. The molecule has 1 aromatic carbocycles. The number of halogens is 1. The van der Waals surface area contributed by atoms with Gasteiger partial charge in [0.15, 0.2) is 0 Å². The SMILES string of the molecule is N#Cc1cc(NCC2CC=CCC2)ccc1Cl. The quantitative estimate of drug-likeness (QED) is 0.819. The standard InChI is InChI=1S/C14H15ClN2/c15-14-7-6-13(8-12(14)9-16)17-10-11-4-2-1-3-5-11/h1-2,6-8,11,17H,3-5,10H2. The zero-order valence-electron chi connectivity index (χ0n) is 9.62. The molecular weight excluding hydrogens is 232 g/mol. The first-order valence-corrected chi connectivity index (χ1v) is 6.26. The van der Waals surface area contributed by atoms with Crippen LogP contribution in [-0.4, -0.2) is 6.54 Å². The number of hydrogen-bond donors (Lipinski definition) is 1. The van der Waals surface area contributed by atoms with Gasteiger partial charge in [0.25, 0.3) is 0 Å². The molecule has 0 amide bonds. The predicted molar refractivity (Wildman–Crippen MR) is 71.1 cm³/mol. The molecule has 0 bridgehead atoms. The second kappa shape index (κ2) is 5.75. The number of nitrogens with one attached hydrogen (secondary N) is 1. The summed E-state index contributed by atoms with van der Waals surface area (Å²) in [6.07, 6.45) is 8.05. The van der Waals surface area contributed by atoms with E-state index in [2.05, 4.69) is 23.5 Å². The maximum Gasteiger partial charge on any atom is 0.101 e. The van der Waals surface area contributed by atoms with E-state index in [1.165, 1.54) is 12.8 Å². The van der Waals surface area contributed by atoms with Crippen molar-refractivity contribution >= 4 is 17.3 Å². The first kappa shape index (κ1) is 12.0. The minimum absolute atomic E-state index is 0.513. The summed E-state index contributed by atoms with van der Waals surface area (Å²) in [5.41, 5.74) is 1.50. The zero-order valence-corrected chi connectivity index (χ0v) is 10.4. The molecule has 0 saturated carbocycles. The van der Waals surface area contributed by atoms with Gasteiger partial charge in [-0.15, -0.1) is 0 Å². The predicted octanol–water partition coefficient (Wildman–Crippen LogP) is 3.98. The van der Waals surface area contributed by atoms with Gasteiger partial charge in [-0.3, -0.25) is 0 Å². The number of allylic oxidation sites excluding steroid dienone is 2. The van der Waals surface area contributed by atoms with Gasteiger partial charge in [0, 0.05) is 12.2 Å². The van der Waals surface area contributed by atoms with Crippen molar-refractivity contribution in [3.8, 4) is 6.07 Å². The first-order valence-electron chi connectivity index (χ1n) is 5.88. The molecule has 1 aliphatic carbocycles. The molecule has 2 rings (SSSR count). The van der Waals surface area contributed by atoms with E-state index in [1.807, 2.05) is 6.07 Å². The number of hydrogen-bond acceptors (Lipinski definition) is 2. The van der Waals surface area contributed by atoms with Crippen LogP contribution in [0.3, 0.4) is 0 Å². The fourth-order valence-electron chi connectivity index (χ4n) is 2.02. The van der Waals surface area contributed by atoms with Gasteiger partial charge in [-0.25, -0.2) is 0 Å². The first-order chi connectivity index (χ1) is 8.29. The van der Waals surface area contributed by atoms with E-state index >= 15 is 0 Å². The number of nitrogens with zero attached hydrogens (tertiary/aromatic N) is 1. The highest BCUT2D eigenvalue weighted by atomic mass is 35.5. The molecule has 1 atom stereocenters. The summed E-state index contributed by atoms with van der Waals surface area (Å²) in [5, 5.41) is 12.8. The Labute approximate surface area is 107 Å². The molecule has 0 aromatic heterocycles. The third kappa shape index (κ3) is 3.25.